The first-order valence-electron chi connectivity index (χ1n) is 13.3. The lowest BCUT2D eigenvalue weighted by atomic mass is 9.98. The van der Waals surface area contributed by atoms with E-state index < -0.39 is 0 Å². The van der Waals surface area contributed by atoms with Crippen molar-refractivity contribution in [3.63, 3.8) is 0 Å². The SMILES string of the molecule is [C-]#[N+]c1cccc(-c2ccc(-c3ccc4c(c3)sc3ccccc34)cc2)c1-n1c2ccccc2c2ccccc21. The van der Waals surface area contributed by atoms with E-state index in [0.717, 1.165) is 27.8 Å². The zero-order valence-electron chi connectivity index (χ0n) is 21.5. The van der Waals surface area contributed by atoms with Crippen LogP contribution in [0.5, 0.6) is 0 Å². The molecule has 0 aliphatic carbocycles. The fraction of sp³-hybridized carbons (Fsp3) is 0. The minimum atomic E-state index is 0.642. The Bertz CT molecular complexity index is 2220. The summed E-state index contributed by atoms with van der Waals surface area (Å²) >= 11 is 1.85. The summed E-state index contributed by atoms with van der Waals surface area (Å²) in [5, 5.41) is 5.01. The van der Waals surface area contributed by atoms with Gasteiger partial charge in [0.05, 0.1) is 23.3 Å². The number of hydrogen-bond donors (Lipinski definition) is 0. The van der Waals surface area contributed by atoms with Gasteiger partial charge in [-0.3, -0.25) is 0 Å². The van der Waals surface area contributed by atoms with Gasteiger partial charge < -0.3 is 4.57 Å². The molecule has 8 rings (SSSR count). The van der Waals surface area contributed by atoms with Crippen LogP contribution in [0.2, 0.25) is 0 Å². The van der Waals surface area contributed by atoms with Crippen LogP contribution >= 0.6 is 11.3 Å². The smallest absolute Gasteiger partial charge is 0.211 e. The summed E-state index contributed by atoms with van der Waals surface area (Å²) in [6.07, 6.45) is 0. The van der Waals surface area contributed by atoms with Crippen LogP contribution in [0.3, 0.4) is 0 Å². The van der Waals surface area contributed by atoms with Crippen molar-refractivity contribution in [2.24, 2.45) is 0 Å². The Morgan fingerprint density at radius 2 is 1.10 bits per heavy atom. The van der Waals surface area contributed by atoms with Gasteiger partial charge in [0.1, 0.15) is 0 Å². The Morgan fingerprint density at radius 3 is 1.82 bits per heavy atom. The van der Waals surface area contributed by atoms with Crippen LogP contribution in [-0.4, -0.2) is 4.57 Å². The number of nitrogens with zero attached hydrogens (tertiary/aromatic N) is 2. The molecular weight excluding hydrogens is 504 g/mol. The third-order valence-corrected chi connectivity index (χ3v) is 8.98. The molecule has 186 valence electrons. The Morgan fingerprint density at radius 1 is 0.500 bits per heavy atom. The lowest BCUT2D eigenvalue weighted by Crippen LogP contribution is -1.97. The van der Waals surface area contributed by atoms with Crippen molar-refractivity contribution in [3.8, 4) is 27.9 Å². The number of aromatic nitrogens is 1. The summed E-state index contributed by atoms with van der Waals surface area (Å²) in [6, 6.07) is 47.1. The maximum atomic E-state index is 8.03. The van der Waals surface area contributed by atoms with Crippen LogP contribution < -0.4 is 0 Å². The summed E-state index contributed by atoms with van der Waals surface area (Å²) < 4.78 is 4.89. The largest absolute Gasteiger partial charge is 0.318 e. The molecule has 8 aromatic rings. The van der Waals surface area contributed by atoms with Crippen molar-refractivity contribution in [2.45, 2.75) is 0 Å². The number of rotatable bonds is 3. The number of fused-ring (bicyclic) bond motifs is 6. The van der Waals surface area contributed by atoms with Gasteiger partial charge in [-0.25, -0.2) is 4.85 Å². The number of hydrogen-bond acceptors (Lipinski definition) is 1. The van der Waals surface area contributed by atoms with Crippen LogP contribution in [-0.2, 0) is 0 Å². The molecule has 0 unspecified atom stereocenters. The van der Waals surface area contributed by atoms with Gasteiger partial charge in [-0.2, -0.15) is 0 Å². The van der Waals surface area contributed by atoms with Gasteiger partial charge in [0.25, 0.3) is 0 Å². The molecular formula is C37H22N2S. The van der Waals surface area contributed by atoms with E-state index in [1.807, 2.05) is 23.5 Å². The number of benzene rings is 6. The standard InChI is InChI=1S/C37H22N2S/c1-38-32-13-8-12-27(37(32)39-33-14-5-2-9-28(33)29-10-3-6-15-34(29)39)25-19-17-24(18-20-25)26-21-22-31-30-11-4-7-16-35(30)40-36(31)23-26/h2-23H. The number of thiophene rings is 1. The molecule has 0 saturated carbocycles. The van der Waals surface area contributed by atoms with Crippen molar-refractivity contribution in [3.05, 3.63) is 145 Å². The summed E-state index contributed by atoms with van der Waals surface area (Å²) in [6.45, 7) is 8.03. The van der Waals surface area contributed by atoms with E-state index >= 15 is 0 Å². The molecule has 0 N–H and O–H groups in total. The van der Waals surface area contributed by atoms with Gasteiger partial charge in [-0.05, 0) is 46.5 Å². The van der Waals surface area contributed by atoms with Crippen molar-refractivity contribution < 1.29 is 0 Å². The van der Waals surface area contributed by atoms with Gasteiger partial charge in [-0.1, -0.05) is 109 Å². The summed E-state index contributed by atoms with van der Waals surface area (Å²) in [5.41, 5.74) is 8.31. The summed E-state index contributed by atoms with van der Waals surface area (Å²) in [5.74, 6) is 0. The van der Waals surface area contributed by atoms with Crippen LogP contribution in [0.25, 0.3) is 74.8 Å². The van der Waals surface area contributed by atoms with E-state index in [1.165, 1.54) is 42.1 Å². The van der Waals surface area contributed by atoms with E-state index in [2.05, 4.69) is 131 Å². The molecule has 2 aromatic heterocycles. The number of para-hydroxylation sites is 3. The van der Waals surface area contributed by atoms with Crippen LogP contribution in [0.1, 0.15) is 0 Å². The Balaban J connectivity index is 1.29. The first-order chi connectivity index (χ1) is 19.8. The zero-order valence-corrected chi connectivity index (χ0v) is 22.3. The second-order valence-electron chi connectivity index (χ2n) is 10.0. The van der Waals surface area contributed by atoms with Crippen molar-refractivity contribution in [2.75, 3.05) is 0 Å². The lowest BCUT2D eigenvalue weighted by Gasteiger charge is -2.16. The molecule has 0 fully saturated rings. The van der Waals surface area contributed by atoms with Gasteiger partial charge in [0, 0.05) is 30.9 Å². The fourth-order valence-corrected chi connectivity index (χ4v) is 7.15. The molecule has 40 heavy (non-hydrogen) atoms. The normalized spacial score (nSPS) is 11.5. The predicted octanol–water partition coefficient (Wildman–Crippen LogP) is 11.0. The van der Waals surface area contributed by atoms with Crippen molar-refractivity contribution in [1.29, 1.82) is 0 Å². The predicted molar refractivity (Wildman–Crippen MR) is 171 cm³/mol. The van der Waals surface area contributed by atoms with E-state index in [0.29, 0.717) is 5.69 Å². The second kappa shape index (κ2) is 8.95. The minimum absolute atomic E-state index is 0.642. The Kier molecular flexibility index (Phi) is 5.10. The first-order valence-corrected chi connectivity index (χ1v) is 14.1. The molecule has 0 amide bonds. The second-order valence-corrected chi connectivity index (χ2v) is 11.1. The molecule has 0 aliphatic heterocycles. The maximum Gasteiger partial charge on any atom is 0.211 e. The topological polar surface area (TPSA) is 9.29 Å². The highest BCUT2D eigenvalue weighted by molar-refractivity contribution is 7.25. The molecule has 2 nitrogen and oxygen atoms in total. The van der Waals surface area contributed by atoms with Gasteiger partial charge in [-0.15, -0.1) is 11.3 Å². The maximum absolute atomic E-state index is 8.03. The minimum Gasteiger partial charge on any atom is -0.318 e. The van der Waals surface area contributed by atoms with Gasteiger partial charge in [0.15, 0.2) is 0 Å². The molecule has 0 spiro atoms. The highest BCUT2D eigenvalue weighted by Crippen LogP contribution is 2.41. The molecule has 0 aliphatic rings. The first kappa shape index (κ1) is 22.8. The summed E-state index contributed by atoms with van der Waals surface area (Å²) in [4.78, 5) is 3.97. The van der Waals surface area contributed by atoms with E-state index in [1.54, 1.807) is 0 Å². The van der Waals surface area contributed by atoms with Gasteiger partial charge >= 0.3 is 0 Å². The molecule has 0 saturated heterocycles. The van der Waals surface area contributed by atoms with Crippen molar-refractivity contribution >= 4 is 59.0 Å². The molecule has 2 heterocycles. The molecule has 3 heteroatoms. The molecule has 0 atom stereocenters. The van der Waals surface area contributed by atoms with E-state index in [9.17, 15) is 0 Å². The highest BCUT2D eigenvalue weighted by atomic mass is 32.1. The third kappa shape index (κ3) is 3.41. The van der Waals surface area contributed by atoms with Crippen LogP contribution in [0, 0.1) is 6.57 Å². The highest BCUT2D eigenvalue weighted by Gasteiger charge is 2.18. The molecule has 6 aromatic carbocycles. The average Bonchev–Trinajstić information content (AvgIpc) is 3.56. The quantitative estimate of drug-likeness (QED) is 0.203. The van der Waals surface area contributed by atoms with Crippen molar-refractivity contribution in [1.82, 2.24) is 4.57 Å². The summed E-state index contributed by atoms with van der Waals surface area (Å²) in [7, 11) is 0. The Hall–Kier alpha value is -5.17. The van der Waals surface area contributed by atoms with Crippen LogP contribution in [0.15, 0.2) is 133 Å². The zero-order chi connectivity index (χ0) is 26.6. The monoisotopic (exact) mass is 526 g/mol. The molecule has 0 radical (unpaired) electrons. The van der Waals surface area contributed by atoms with E-state index in [4.69, 9.17) is 6.57 Å². The fourth-order valence-electron chi connectivity index (χ4n) is 6.00. The molecule has 0 bridgehead atoms. The Labute approximate surface area is 235 Å². The van der Waals surface area contributed by atoms with Gasteiger partial charge in [0.2, 0.25) is 5.69 Å². The lowest BCUT2D eigenvalue weighted by molar-refractivity contribution is 1.19. The third-order valence-electron chi connectivity index (χ3n) is 7.85. The van der Waals surface area contributed by atoms with E-state index in [-0.39, 0.29) is 0 Å². The average molecular weight is 527 g/mol. The van der Waals surface area contributed by atoms with Crippen LogP contribution in [0.4, 0.5) is 5.69 Å².